The Labute approximate surface area is 122 Å². The van der Waals surface area contributed by atoms with Crippen LogP contribution in [0.1, 0.15) is 57.8 Å². The van der Waals surface area contributed by atoms with Gasteiger partial charge in [-0.15, -0.1) is 0 Å². The van der Waals surface area contributed by atoms with E-state index in [0.29, 0.717) is 12.3 Å². The average Bonchev–Trinajstić information content (AvgIpc) is 3.10. The van der Waals surface area contributed by atoms with Crippen LogP contribution in [0, 0.1) is 0 Å². The molecule has 2 aliphatic heterocycles. The second kappa shape index (κ2) is 6.02. The van der Waals surface area contributed by atoms with Crippen LogP contribution < -0.4 is 5.73 Å². The summed E-state index contributed by atoms with van der Waals surface area (Å²) in [7, 11) is 0. The minimum absolute atomic E-state index is 0.192. The molecule has 1 aliphatic carbocycles. The molecule has 0 aromatic carbocycles. The van der Waals surface area contributed by atoms with E-state index < -0.39 is 0 Å². The van der Waals surface area contributed by atoms with E-state index in [1.54, 1.807) is 0 Å². The highest BCUT2D eigenvalue weighted by molar-refractivity contribution is 5.77. The van der Waals surface area contributed by atoms with Crippen LogP contribution >= 0.6 is 0 Å². The van der Waals surface area contributed by atoms with E-state index in [9.17, 15) is 4.79 Å². The molecule has 4 nitrogen and oxygen atoms in total. The Balaban J connectivity index is 1.46. The van der Waals surface area contributed by atoms with Gasteiger partial charge in [-0.25, -0.2) is 0 Å². The topological polar surface area (TPSA) is 49.6 Å². The van der Waals surface area contributed by atoms with Crippen molar-refractivity contribution in [2.45, 2.75) is 69.4 Å². The molecule has 3 rings (SSSR count). The first kappa shape index (κ1) is 14.3. The van der Waals surface area contributed by atoms with Gasteiger partial charge in [0.15, 0.2) is 0 Å². The van der Waals surface area contributed by atoms with Gasteiger partial charge in [0.2, 0.25) is 5.91 Å². The Morgan fingerprint density at radius 2 is 1.60 bits per heavy atom. The van der Waals surface area contributed by atoms with Crippen LogP contribution in [0.3, 0.4) is 0 Å². The summed E-state index contributed by atoms with van der Waals surface area (Å²) in [6, 6.07) is 0.722. The van der Waals surface area contributed by atoms with Gasteiger partial charge >= 0.3 is 0 Å². The molecule has 3 aliphatic rings. The third kappa shape index (κ3) is 3.17. The number of likely N-dealkylation sites (tertiary alicyclic amines) is 2. The Morgan fingerprint density at radius 3 is 2.20 bits per heavy atom. The Bertz CT molecular complexity index is 338. The van der Waals surface area contributed by atoms with Gasteiger partial charge in [0.1, 0.15) is 0 Å². The first-order valence-corrected chi connectivity index (χ1v) is 8.47. The lowest BCUT2D eigenvalue weighted by atomic mass is 9.93. The van der Waals surface area contributed by atoms with Gasteiger partial charge in [0, 0.05) is 31.1 Å². The lowest BCUT2D eigenvalue weighted by Crippen LogP contribution is -2.49. The zero-order chi connectivity index (χ0) is 14.0. The molecule has 0 atom stereocenters. The van der Waals surface area contributed by atoms with E-state index in [-0.39, 0.29) is 5.54 Å². The van der Waals surface area contributed by atoms with E-state index in [0.717, 1.165) is 44.8 Å². The SMILES string of the molecule is NC1(CC(=O)N2CCC(N3CCCC3)CC2)CCCC1. The number of hydrogen-bond acceptors (Lipinski definition) is 3. The van der Waals surface area contributed by atoms with E-state index in [1.807, 2.05) is 0 Å². The average molecular weight is 279 g/mol. The van der Waals surface area contributed by atoms with Gasteiger partial charge in [-0.3, -0.25) is 4.79 Å². The molecule has 1 amide bonds. The fourth-order valence-electron chi connectivity index (χ4n) is 4.26. The van der Waals surface area contributed by atoms with Crippen molar-refractivity contribution in [2.24, 2.45) is 5.73 Å². The van der Waals surface area contributed by atoms with Crippen LogP contribution in [0.4, 0.5) is 0 Å². The Morgan fingerprint density at radius 1 is 1.00 bits per heavy atom. The van der Waals surface area contributed by atoms with E-state index in [4.69, 9.17) is 5.73 Å². The number of carbonyl (C=O) groups excluding carboxylic acids is 1. The molecule has 4 heteroatoms. The number of nitrogens with two attached hydrogens (primary N) is 1. The quantitative estimate of drug-likeness (QED) is 0.856. The summed E-state index contributed by atoms with van der Waals surface area (Å²) in [4.78, 5) is 17.1. The van der Waals surface area contributed by atoms with Gasteiger partial charge in [0.05, 0.1) is 0 Å². The van der Waals surface area contributed by atoms with Crippen molar-refractivity contribution >= 4 is 5.91 Å². The van der Waals surface area contributed by atoms with Gasteiger partial charge in [-0.05, 0) is 51.6 Å². The van der Waals surface area contributed by atoms with Crippen molar-refractivity contribution in [3.8, 4) is 0 Å². The summed E-state index contributed by atoms with van der Waals surface area (Å²) >= 11 is 0. The highest BCUT2D eigenvalue weighted by atomic mass is 16.2. The standard InChI is InChI=1S/C16H29N3O/c17-16(7-1-2-8-16)13-15(20)19-11-5-14(6-12-19)18-9-3-4-10-18/h14H,1-13,17H2. The van der Waals surface area contributed by atoms with Crippen molar-refractivity contribution in [3.05, 3.63) is 0 Å². The third-order valence-electron chi connectivity index (χ3n) is 5.58. The summed E-state index contributed by atoms with van der Waals surface area (Å²) in [5.41, 5.74) is 6.15. The molecular formula is C16H29N3O. The van der Waals surface area contributed by atoms with Crippen molar-refractivity contribution in [3.63, 3.8) is 0 Å². The number of rotatable bonds is 3. The van der Waals surface area contributed by atoms with Crippen molar-refractivity contribution in [1.82, 2.24) is 9.80 Å². The number of nitrogens with zero attached hydrogens (tertiary/aromatic N) is 2. The lowest BCUT2D eigenvalue weighted by Gasteiger charge is -2.37. The lowest BCUT2D eigenvalue weighted by molar-refractivity contribution is -0.134. The van der Waals surface area contributed by atoms with Crippen LogP contribution in [0.5, 0.6) is 0 Å². The van der Waals surface area contributed by atoms with Crippen LogP contribution in [0.2, 0.25) is 0 Å². The van der Waals surface area contributed by atoms with Gasteiger partial charge in [-0.1, -0.05) is 12.8 Å². The molecule has 2 saturated heterocycles. The molecule has 0 aromatic heterocycles. The molecule has 2 N–H and O–H groups in total. The Hall–Kier alpha value is -0.610. The summed E-state index contributed by atoms with van der Waals surface area (Å²) < 4.78 is 0. The van der Waals surface area contributed by atoms with Crippen LogP contribution in [-0.4, -0.2) is 53.5 Å². The molecule has 0 unspecified atom stereocenters. The molecular weight excluding hydrogens is 250 g/mol. The normalized spacial score (nSPS) is 28.1. The molecule has 2 heterocycles. The number of carbonyl (C=O) groups is 1. The van der Waals surface area contributed by atoms with E-state index in [2.05, 4.69) is 9.80 Å². The predicted molar refractivity (Wildman–Crippen MR) is 80.4 cm³/mol. The van der Waals surface area contributed by atoms with Crippen molar-refractivity contribution in [1.29, 1.82) is 0 Å². The molecule has 114 valence electrons. The molecule has 0 radical (unpaired) electrons. The van der Waals surface area contributed by atoms with Gasteiger partial charge < -0.3 is 15.5 Å². The van der Waals surface area contributed by atoms with Crippen molar-refractivity contribution < 1.29 is 4.79 Å². The fourth-order valence-corrected chi connectivity index (χ4v) is 4.26. The Kier molecular flexibility index (Phi) is 4.32. The summed E-state index contributed by atoms with van der Waals surface area (Å²) in [6.07, 6.45) is 10.0. The van der Waals surface area contributed by atoms with Crippen LogP contribution in [-0.2, 0) is 4.79 Å². The summed E-state index contributed by atoms with van der Waals surface area (Å²) in [6.45, 7) is 4.42. The highest BCUT2D eigenvalue weighted by Crippen LogP contribution is 2.31. The summed E-state index contributed by atoms with van der Waals surface area (Å²) in [5.74, 6) is 0.300. The number of amides is 1. The minimum atomic E-state index is -0.192. The maximum absolute atomic E-state index is 12.4. The second-order valence-corrected chi connectivity index (χ2v) is 7.10. The van der Waals surface area contributed by atoms with Gasteiger partial charge in [-0.2, -0.15) is 0 Å². The zero-order valence-electron chi connectivity index (χ0n) is 12.6. The zero-order valence-corrected chi connectivity index (χ0v) is 12.6. The van der Waals surface area contributed by atoms with E-state index >= 15 is 0 Å². The minimum Gasteiger partial charge on any atom is -0.343 e. The maximum atomic E-state index is 12.4. The van der Waals surface area contributed by atoms with Crippen LogP contribution in [0.25, 0.3) is 0 Å². The molecule has 3 fully saturated rings. The van der Waals surface area contributed by atoms with Crippen molar-refractivity contribution in [2.75, 3.05) is 26.2 Å². The largest absolute Gasteiger partial charge is 0.343 e. The molecule has 1 saturated carbocycles. The molecule has 0 spiro atoms. The smallest absolute Gasteiger partial charge is 0.224 e. The first-order chi connectivity index (χ1) is 9.66. The predicted octanol–water partition coefficient (Wildman–Crippen LogP) is 1.73. The maximum Gasteiger partial charge on any atom is 0.224 e. The first-order valence-electron chi connectivity index (χ1n) is 8.47. The monoisotopic (exact) mass is 279 g/mol. The second-order valence-electron chi connectivity index (χ2n) is 7.10. The number of hydrogen-bond donors (Lipinski definition) is 1. The summed E-state index contributed by atoms with van der Waals surface area (Å²) in [5, 5.41) is 0. The van der Waals surface area contributed by atoms with Gasteiger partial charge in [0.25, 0.3) is 0 Å². The third-order valence-corrected chi connectivity index (χ3v) is 5.58. The fraction of sp³-hybridized carbons (Fsp3) is 0.938. The molecule has 0 bridgehead atoms. The molecule has 20 heavy (non-hydrogen) atoms. The number of piperidine rings is 1. The molecule has 0 aromatic rings. The van der Waals surface area contributed by atoms with E-state index in [1.165, 1.54) is 38.8 Å². The van der Waals surface area contributed by atoms with Crippen LogP contribution in [0.15, 0.2) is 0 Å². The highest BCUT2D eigenvalue weighted by Gasteiger charge is 2.35.